The van der Waals surface area contributed by atoms with Gasteiger partial charge in [-0.15, -0.1) is 0 Å². The van der Waals surface area contributed by atoms with Crippen molar-refractivity contribution < 1.29 is 18.0 Å². The number of anilines is 1. The minimum Gasteiger partial charge on any atom is -0.342 e. The Labute approximate surface area is 213 Å². The fourth-order valence-electron chi connectivity index (χ4n) is 4.16. The van der Waals surface area contributed by atoms with E-state index in [2.05, 4.69) is 15.3 Å². The van der Waals surface area contributed by atoms with Crippen LogP contribution in [0.25, 0.3) is 11.0 Å². The number of halogens is 4. The van der Waals surface area contributed by atoms with E-state index in [0.29, 0.717) is 27.6 Å². The van der Waals surface area contributed by atoms with Crippen LogP contribution in [0.3, 0.4) is 0 Å². The highest BCUT2D eigenvalue weighted by molar-refractivity contribution is 6.31. The third kappa shape index (κ3) is 6.02. The number of aromatic amines is 1. The summed E-state index contributed by atoms with van der Waals surface area (Å²) in [5.74, 6) is 6.11. The Kier molecular flexibility index (Phi) is 8.36. The molecule has 2 aromatic carbocycles. The van der Waals surface area contributed by atoms with Crippen LogP contribution < -0.4 is 16.2 Å². The highest BCUT2D eigenvalue weighted by atomic mass is 35.5. The molecule has 0 spiro atoms. The van der Waals surface area contributed by atoms with Crippen LogP contribution in [0.15, 0.2) is 47.7 Å². The van der Waals surface area contributed by atoms with Gasteiger partial charge in [-0.25, -0.2) is 10.8 Å². The zero-order valence-electron chi connectivity index (χ0n) is 20.9. The Morgan fingerprint density at radius 2 is 1.89 bits per heavy atom. The Bertz CT molecular complexity index is 1280. The zero-order chi connectivity index (χ0) is 26.8. The number of nitrogens with one attached hydrogen (secondary N) is 2. The van der Waals surface area contributed by atoms with Crippen molar-refractivity contribution in [1.29, 1.82) is 0 Å². The lowest BCUT2D eigenvalue weighted by atomic mass is 9.96. The molecular weight excluding hydrogens is 491 g/mol. The molecule has 3 aromatic rings. The van der Waals surface area contributed by atoms with Crippen LogP contribution in [0, 0.1) is 5.92 Å². The highest BCUT2D eigenvalue weighted by Gasteiger charge is 2.36. The van der Waals surface area contributed by atoms with Gasteiger partial charge in [0, 0.05) is 16.3 Å². The van der Waals surface area contributed by atoms with Crippen LogP contribution in [0.4, 0.5) is 18.9 Å². The number of hydrazine groups is 1. The number of benzene rings is 2. The molecule has 0 aliphatic heterocycles. The van der Waals surface area contributed by atoms with Crippen molar-refractivity contribution in [1.82, 2.24) is 15.3 Å². The van der Waals surface area contributed by atoms with Gasteiger partial charge < -0.3 is 10.3 Å². The molecule has 194 valence electrons. The Hall–Kier alpha value is -3.04. The molecule has 0 saturated heterocycles. The molecule has 3 rings (SSSR count). The Morgan fingerprint density at radius 3 is 2.50 bits per heavy atom. The molecule has 0 aliphatic carbocycles. The van der Waals surface area contributed by atoms with E-state index in [0.717, 1.165) is 29.5 Å². The van der Waals surface area contributed by atoms with Gasteiger partial charge >= 0.3 is 6.18 Å². The lowest BCUT2D eigenvalue weighted by molar-refractivity contribution is -0.137. The number of aromatic nitrogens is 2. The third-order valence-electron chi connectivity index (χ3n) is 6.09. The molecule has 36 heavy (non-hydrogen) atoms. The summed E-state index contributed by atoms with van der Waals surface area (Å²) < 4.78 is 42.1. The normalized spacial score (nSPS) is 13.6. The van der Waals surface area contributed by atoms with E-state index in [4.69, 9.17) is 17.4 Å². The largest absolute Gasteiger partial charge is 0.418 e. The molecule has 1 unspecified atom stereocenters. The fourth-order valence-corrected chi connectivity index (χ4v) is 4.33. The van der Waals surface area contributed by atoms with Gasteiger partial charge in [-0.05, 0) is 68.2 Å². The predicted octanol–water partition coefficient (Wildman–Crippen LogP) is 7.14. The molecule has 10 heteroatoms. The number of allylic oxidation sites excluding steroid dienone is 2. The number of nitrogens with two attached hydrogens (primary N) is 1. The SMILES string of the molecule is CCC/C(=C(\C)N(N)c1ccc(C(=O)NC(C)c2nc3ccc(Cl)cc3[nH]2)cc1C(F)(F)F)C(C)C. The highest BCUT2D eigenvalue weighted by Crippen LogP contribution is 2.38. The smallest absolute Gasteiger partial charge is 0.342 e. The van der Waals surface area contributed by atoms with Crippen molar-refractivity contribution >= 4 is 34.2 Å². The van der Waals surface area contributed by atoms with Crippen LogP contribution >= 0.6 is 11.6 Å². The average Bonchev–Trinajstić information content (AvgIpc) is 3.23. The van der Waals surface area contributed by atoms with Crippen LogP contribution in [0.1, 0.15) is 75.2 Å². The number of imidazole rings is 1. The molecule has 0 bridgehead atoms. The number of nitrogens with zero attached hydrogens (tertiary/aromatic N) is 2. The first kappa shape index (κ1) is 27.5. The van der Waals surface area contributed by atoms with E-state index < -0.39 is 23.7 Å². The molecule has 1 atom stereocenters. The van der Waals surface area contributed by atoms with E-state index in [-0.39, 0.29) is 17.2 Å². The first-order valence-electron chi connectivity index (χ1n) is 11.7. The number of rotatable bonds is 8. The van der Waals surface area contributed by atoms with Crippen molar-refractivity contribution in [3.8, 4) is 0 Å². The maximum Gasteiger partial charge on any atom is 0.418 e. The standard InChI is InChI=1S/C26H31ClF3N5O/c1-6-7-19(14(2)3)16(5)35(31)23-11-8-17(12-20(23)26(28,29)30)25(36)32-15(4)24-33-21-10-9-18(27)13-22(21)34-24/h8-15H,6-7,31H2,1-5H3,(H,32,36)(H,33,34)/b19-16-. The first-order chi connectivity index (χ1) is 16.8. The van der Waals surface area contributed by atoms with E-state index in [9.17, 15) is 18.0 Å². The van der Waals surface area contributed by atoms with E-state index in [1.807, 2.05) is 20.8 Å². The minimum atomic E-state index is -4.71. The van der Waals surface area contributed by atoms with Gasteiger partial charge in [0.1, 0.15) is 5.82 Å². The summed E-state index contributed by atoms with van der Waals surface area (Å²) in [6, 6.07) is 7.96. The summed E-state index contributed by atoms with van der Waals surface area (Å²) in [4.78, 5) is 20.4. The van der Waals surface area contributed by atoms with Crippen LogP contribution in [0.2, 0.25) is 5.02 Å². The first-order valence-corrected chi connectivity index (χ1v) is 12.1. The second-order valence-electron chi connectivity index (χ2n) is 9.09. The number of H-pyrrole nitrogens is 1. The van der Waals surface area contributed by atoms with E-state index in [1.165, 1.54) is 12.1 Å². The number of fused-ring (bicyclic) bond motifs is 1. The number of hydrogen-bond acceptors (Lipinski definition) is 4. The van der Waals surface area contributed by atoms with Crippen molar-refractivity contribution in [2.45, 2.75) is 59.7 Å². The average molecular weight is 522 g/mol. The molecule has 4 N–H and O–H groups in total. The lowest BCUT2D eigenvalue weighted by Gasteiger charge is -2.27. The predicted molar refractivity (Wildman–Crippen MR) is 138 cm³/mol. The summed E-state index contributed by atoms with van der Waals surface area (Å²) in [5, 5.41) is 4.30. The summed E-state index contributed by atoms with van der Waals surface area (Å²) in [7, 11) is 0. The molecule has 6 nitrogen and oxygen atoms in total. The molecule has 1 heterocycles. The fraction of sp³-hybridized carbons (Fsp3) is 0.385. The van der Waals surface area contributed by atoms with Gasteiger partial charge in [-0.2, -0.15) is 13.2 Å². The van der Waals surface area contributed by atoms with Gasteiger partial charge in [-0.1, -0.05) is 38.8 Å². The minimum absolute atomic E-state index is 0.131. The van der Waals surface area contributed by atoms with Crippen molar-refractivity contribution in [2.24, 2.45) is 11.8 Å². The number of alkyl halides is 3. The number of hydrogen-bond donors (Lipinski definition) is 3. The van der Waals surface area contributed by atoms with E-state index in [1.54, 1.807) is 32.0 Å². The second kappa shape index (κ2) is 10.9. The quantitative estimate of drug-likeness (QED) is 0.217. The Balaban J connectivity index is 1.91. The second-order valence-corrected chi connectivity index (χ2v) is 9.53. The van der Waals surface area contributed by atoms with E-state index >= 15 is 0 Å². The lowest BCUT2D eigenvalue weighted by Crippen LogP contribution is -2.33. The topological polar surface area (TPSA) is 87.0 Å². The maximum atomic E-state index is 14.0. The van der Waals surface area contributed by atoms with Crippen molar-refractivity contribution in [2.75, 3.05) is 5.01 Å². The molecule has 0 radical (unpaired) electrons. The van der Waals surface area contributed by atoms with Crippen molar-refractivity contribution in [3.05, 3.63) is 69.6 Å². The summed E-state index contributed by atoms with van der Waals surface area (Å²) in [5.41, 5.74) is 1.57. The molecular formula is C26H31ClF3N5O. The van der Waals surface area contributed by atoms with Crippen LogP contribution in [0.5, 0.6) is 0 Å². The van der Waals surface area contributed by atoms with Gasteiger partial charge in [0.2, 0.25) is 0 Å². The number of carbonyl (C=O) groups excluding carboxylic acids is 1. The number of carbonyl (C=O) groups is 1. The summed E-state index contributed by atoms with van der Waals surface area (Å²) in [6.07, 6.45) is -3.14. The zero-order valence-corrected chi connectivity index (χ0v) is 21.7. The number of amides is 1. The Morgan fingerprint density at radius 1 is 1.19 bits per heavy atom. The molecule has 0 aliphatic rings. The maximum absolute atomic E-state index is 14.0. The third-order valence-corrected chi connectivity index (χ3v) is 6.32. The van der Waals surface area contributed by atoms with Gasteiger partial charge in [0.15, 0.2) is 0 Å². The summed E-state index contributed by atoms with van der Waals surface area (Å²) >= 11 is 6.00. The van der Waals surface area contributed by atoms with Crippen LogP contribution in [-0.2, 0) is 6.18 Å². The van der Waals surface area contributed by atoms with Gasteiger partial charge in [0.05, 0.1) is 28.3 Å². The van der Waals surface area contributed by atoms with Crippen LogP contribution in [-0.4, -0.2) is 15.9 Å². The monoisotopic (exact) mass is 521 g/mol. The summed E-state index contributed by atoms with van der Waals surface area (Å²) in [6.45, 7) is 9.38. The molecule has 1 aromatic heterocycles. The van der Waals surface area contributed by atoms with Crippen molar-refractivity contribution in [3.63, 3.8) is 0 Å². The molecule has 0 saturated carbocycles. The molecule has 0 fully saturated rings. The molecule has 1 amide bonds. The van der Waals surface area contributed by atoms with Gasteiger partial charge in [0.25, 0.3) is 5.91 Å². The van der Waals surface area contributed by atoms with Gasteiger partial charge in [-0.3, -0.25) is 9.80 Å².